The number of pyridine rings is 1. The van der Waals surface area contributed by atoms with Gasteiger partial charge < -0.3 is 4.90 Å². The average molecular weight is 331 g/mol. The van der Waals surface area contributed by atoms with Crippen LogP contribution in [0.15, 0.2) is 30.3 Å². The third kappa shape index (κ3) is 3.42. The fourth-order valence-electron chi connectivity index (χ4n) is 2.54. The zero-order chi connectivity index (χ0) is 17.1. The van der Waals surface area contributed by atoms with Gasteiger partial charge in [-0.1, -0.05) is 23.7 Å². The maximum absolute atomic E-state index is 13.0. The minimum atomic E-state index is -0.215. The van der Waals surface area contributed by atoms with Gasteiger partial charge in [-0.15, -0.1) is 0 Å². The molecule has 0 atom stereocenters. The highest BCUT2D eigenvalue weighted by molar-refractivity contribution is 6.34. The molecule has 1 aromatic carbocycles. The first-order valence-electron chi connectivity index (χ1n) is 7.42. The van der Waals surface area contributed by atoms with Crippen LogP contribution in [0.1, 0.15) is 46.0 Å². The molecule has 0 bridgehead atoms. The van der Waals surface area contributed by atoms with E-state index in [1.54, 1.807) is 36.9 Å². The number of para-hydroxylation sites is 1. The first-order chi connectivity index (χ1) is 10.9. The molecule has 4 nitrogen and oxygen atoms in total. The molecule has 0 aliphatic carbocycles. The molecule has 0 N–H and O–H groups in total. The lowest BCUT2D eigenvalue weighted by Crippen LogP contribution is -2.32. The molecule has 1 aromatic heterocycles. The Morgan fingerprint density at radius 3 is 2.30 bits per heavy atom. The van der Waals surface area contributed by atoms with Gasteiger partial charge in [0, 0.05) is 17.8 Å². The number of amides is 1. The highest BCUT2D eigenvalue weighted by Gasteiger charge is 2.22. The van der Waals surface area contributed by atoms with Crippen molar-refractivity contribution in [2.45, 2.75) is 27.7 Å². The predicted octanol–water partition coefficient (Wildman–Crippen LogP) is 4.22. The topological polar surface area (TPSA) is 50.3 Å². The quantitative estimate of drug-likeness (QED) is 0.788. The monoisotopic (exact) mass is 330 g/mol. The third-order valence-electron chi connectivity index (χ3n) is 3.72. The summed E-state index contributed by atoms with van der Waals surface area (Å²) >= 11 is 6.21. The van der Waals surface area contributed by atoms with E-state index in [0.29, 0.717) is 39.8 Å². The van der Waals surface area contributed by atoms with Gasteiger partial charge in [-0.25, -0.2) is 0 Å². The molecule has 2 aromatic rings. The number of ketones is 1. The zero-order valence-corrected chi connectivity index (χ0v) is 14.4. The van der Waals surface area contributed by atoms with Crippen molar-refractivity contribution in [3.63, 3.8) is 0 Å². The van der Waals surface area contributed by atoms with Crippen molar-refractivity contribution in [1.82, 2.24) is 4.98 Å². The fourth-order valence-corrected chi connectivity index (χ4v) is 2.78. The standard InChI is InChI=1S/C18H19ClN2O2/c1-5-21(17-9-7-6-8-16(17)19)18(23)15-10-14(13(4)22)11(2)20-12(15)3/h6-10H,5H2,1-4H3. The summed E-state index contributed by atoms with van der Waals surface area (Å²) in [5, 5.41) is 0.507. The van der Waals surface area contributed by atoms with Gasteiger partial charge in [0.15, 0.2) is 5.78 Å². The van der Waals surface area contributed by atoms with E-state index in [4.69, 9.17) is 11.6 Å². The van der Waals surface area contributed by atoms with Crippen LogP contribution in [0.3, 0.4) is 0 Å². The molecule has 120 valence electrons. The molecule has 5 heteroatoms. The van der Waals surface area contributed by atoms with Crippen LogP contribution >= 0.6 is 11.6 Å². The normalized spacial score (nSPS) is 10.5. The predicted molar refractivity (Wildman–Crippen MR) is 92.5 cm³/mol. The number of Topliss-reactive ketones (excluding diaryl/α,β-unsaturated/α-hetero) is 1. The van der Waals surface area contributed by atoms with Crippen molar-refractivity contribution in [2.24, 2.45) is 0 Å². The van der Waals surface area contributed by atoms with Crippen molar-refractivity contribution in [2.75, 3.05) is 11.4 Å². The molecular formula is C18H19ClN2O2. The Bertz CT molecular complexity index is 772. The first kappa shape index (κ1) is 17.2. The lowest BCUT2D eigenvalue weighted by atomic mass is 10.0. The van der Waals surface area contributed by atoms with Crippen LogP contribution < -0.4 is 4.90 Å². The number of hydrogen-bond acceptors (Lipinski definition) is 3. The van der Waals surface area contributed by atoms with Crippen LogP contribution in [-0.4, -0.2) is 23.2 Å². The van der Waals surface area contributed by atoms with Gasteiger partial charge >= 0.3 is 0 Å². The minimum Gasteiger partial charge on any atom is -0.307 e. The number of halogens is 1. The highest BCUT2D eigenvalue weighted by Crippen LogP contribution is 2.27. The maximum atomic E-state index is 13.0. The molecule has 0 saturated heterocycles. The molecule has 0 aliphatic rings. The average Bonchev–Trinajstić information content (AvgIpc) is 2.49. The van der Waals surface area contributed by atoms with Crippen molar-refractivity contribution in [1.29, 1.82) is 0 Å². The molecule has 0 radical (unpaired) electrons. The molecule has 23 heavy (non-hydrogen) atoms. The zero-order valence-electron chi connectivity index (χ0n) is 13.7. The molecule has 0 unspecified atom stereocenters. The summed E-state index contributed by atoms with van der Waals surface area (Å²) in [5.41, 5.74) is 2.76. The van der Waals surface area contributed by atoms with E-state index in [2.05, 4.69) is 4.98 Å². The summed E-state index contributed by atoms with van der Waals surface area (Å²) in [7, 11) is 0. The number of carbonyl (C=O) groups is 2. The second kappa shape index (κ2) is 6.92. The van der Waals surface area contributed by atoms with Crippen molar-refractivity contribution < 1.29 is 9.59 Å². The van der Waals surface area contributed by atoms with Gasteiger partial charge in [0.1, 0.15) is 0 Å². The molecule has 0 spiro atoms. The van der Waals surface area contributed by atoms with Crippen LogP contribution in [0.25, 0.3) is 0 Å². The maximum Gasteiger partial charge on any atom is 0.260 e. The van der Waals surface area contributed by atoms with Gasteiger partial charge in [0.05, 0.1) is 22.0 Å². The van der Waals surface area contributed by atoms with Crippen LogP contribution in [0.4, 0.5) is 5.69 Å². The second-order valence-corrected chi connectivity index (χ2v) is 5.72. The van der Waals surface area contributed by atoms with E-state index in [9.17, 15) is 9.59 Å². The SMILES string of the molecule is CCN(C(=O)c1cc(C(C)=O)c(C)nc1C)c1ccccc1Cl. The Hall–Kier alpha value is -2.20. The van der Waals surface area contributed by atoms with Crippen molar-refractivity contribution in [3.8, 4) is 0 Å². The summed E-state index contributed by atoms with van der Waals surface area (Å²) in [6, 6.07) is 8.82. The number of carbonyl (C=O) groups excluding carboxylic acids is 2. The number of benzene rings is 1. The van der Waals surface area contributed by atoms with E-state index in [-0.39, 0.29) is 11.7 Å². The lowest BCUT2D eigenvalue weighted by molar-refractivity contribution is 0.0987. The molecule has 0 aliphatic heterocycles. The Balaban J connectivity index is 2.52. The van der Waals surface area contributed by atoms with Gasteiger partial charge in [-0.05, 0) is 45.9 Å². The summed E-state index contributed by atoms with van der Waals surface area (Å²) < 4.78 is 0. The molecule has 0 saturated carbocycles. The molecule has 0 fully saturated rings. The van der Waals surface area contributed by atoms with Gasteiger partial charge in [0.2, 0.25) is 0 Å². The van der Waals surface area contributed by atoms with Crippen LogP contribution in [0.5, 0.6) is 0 Å². The Morgan fingerprint density at radius 2 is 1.74 bits per heavy atom. The number of nitrogens with zero attached hydrogens (tertiary/aromatic N) is 2. The van der Waals surface area contributed by atoms with E-state index in [0.717, 1.165) is 0 Å². The summed E-state index contributed by atoms with van der Waals surface area (Å²) in [5.74, 6) is -0.321. The summed E-state index contributed by atoms with van der Waals surface area (Å²) in [6.07, 6.45) is 0. The largest absolute Gasteiger partial charge is 0.307 e. The van der Waals surface area contributed by atoms with E-state index in [1.807, 2.05) is 19.1 Å². The fraction of sp³-hybridized carbons (Fsp3) is 0.278. The first-order valence-corrected chi connectivity index (χ1v) is 7.80. The third-order valence-corrected chi connectivity index (χ3v) is 4.04. The lowest BCUT2D eigenvalue weighted by Gasteiger charge is -2.23. The number of aryl methyl sites for hydroxylation is 2. The number of anilines is 1. The van der Waals surface area contributed by atoms with Gasteiger partial charge in [0.25, 0.3) is 5.91 Å². The number of aromatic nitrogens is 1. The van der Waals surface area contributed by atoms with Crippen LogP contribution in [-0.2, 0) is 0 Å². The Kier molecular flexibility index (Phi) is 5.16. The second-order valence-electron chi connectivity index (χ2n) is 5.31. The highest BCUT2D eigenvalue weighted by atomic mass is 35.5. The van der Waals surface area contributed by atoms with Crippen LogP contribution in [0, 0.1) is 13.8 Å². The molecule has 1 heterocycles. The smallest absolute Gasteiger partial charge is 0.260 e. The number of hydrogen-bond donors (Lipinski definition) is 0. The van der Waals surface area contributed by atoms with E-state index in [1.165, 1.54) is 6.92 Å². The molecular weight excluding hydrogens is 312 g/mol. The van der Waals surface area contributed by atoms with Gasteiger partial charge in [-0.2, -0.15) is 0 Å². The summed E-state index contributed by atoms with van der Waals surface area (Å²) in [4.78, 5) is 30.6. The van der Waals surface area contributed by atoms with E-state index < -0.39 is 0 Å². The minimum absolute atomic E-state index is 0.107. The molecule has 2 rings (SSSR count). The van der Waals surface area contributed by atoms with Crippen LogP contribution in [0.2, 0.25) is 5.02 Å². The van der Waals surface area contributed by atoms with Crippen molar-refractivity contribution >= 4 is 29.0 Å². The summed E-state index contributed by atoms with van der Waals surface area (Å²) in [6.45, 7) is 7.35. The number of rotatable bonds is 4. The van der Waals surface area contributed by atoms with Gasteiger partial charge in [-0.3, -0.25) is 14.6 Å². The van der Waals surface area contributed by atoms with Crippen molar-refractivity contribution in [3.05, 3.63) is 57.9 Å². The Morgan fingerprint density at radius 1 is 1.13 bits per heavy atom. The van der Waals surface area contributed by atoms with E-state index >= 15 is 0 Å². The molecule has 1 amide bonds. The Labute approximate surface area is 141 Å².